The van der Waals surface area contributed by atoms with Gasteiger partial charge in [-0.25, -0.2) is 0 Å². The first-order valence-corrected chi connectivity index (χ1v) is 8.41. The van der Waals surface area contributed by atoms with Crippen LogP contribution < -0.4 is 10.1 Å². The molecule has 0 spiro atoms. The van der Waals surface area contributed by atoms with E-state index in [1.807, 2.05) is 18.2 Å². The lowest BCUT2D eigenvalue weighted by Gasteiger charge is -2.11. The van der Waals surface area contributed by atoms with Crippen molar-refractivity contribution in [1.29, 1.82) is 0 Å². The summed E-state index contributed by atoms with van der Waals surface area (Å²) in [6.45, 7) is 3.04. The molecule has 1 aliphatic heterocycles. The normalized spacial score (nSPS) is 14.4. The number of benzene rings is 2. The Kier molecular flexibility index (Phi) is 4.00. The van der Waals surface area contributed by atoms with Crippen molar-refractivity contribution in [1.82, 2.24) is 9.88 Å². The van der Waals surface area contributed by atoms with Gasteiger partial charge in [-0.2, -0.15) is 0 Å². The highest BCUT2D eigenvalue weighted by Crippen LogP contribution is 2.31. The lowest BCUT2D eigenvalue weighted by atomic mass is 9.99. The average molecular weight is 322 g/mol. The minimum absolute atomic E-state index is 0.000746. The van der Waals surface area contributed by atoms with Gasteiger partial charge in [0.15, 0.2) is 0 Å². The summed E-state index contributed by atoms with van der Waals surface area (Å²) in [5.74, 6) is 0.770. The van der Waals surface area contributed by atoms with E-state index in [9.17, 15) is 5.11 Å². The van der Waals surface area contributed by atoms with Crippen LogP contribution >= 0.6 is 0 Å². The van der Waals surface area contributed by atoms with Gasteiger partial charge in [-0.15, -0.1) is 0 Å². The number of nitrogens with one attached hydrogen (secondary N) is 1. The van der Waals surface area contributed by atoms with Crippen LogP contribution in [0.3, 0.4) is 0 Å². The van der Waals surface area contributed by atoms with Crippen LogP contribution in [0.15, 0.2) is 42.5 Å². The van der Waals surface area contributed by atoms with Gasteiger partial charge in [-0.05, 0) is 46.3 Å². The van der Waals surface area contributed by atoms with Crippen molar-refractivity contribution >= 4 is 10.9 Å². The van der Waals surface area contributed by atoms with Gasteiger partial charge in [0.25, 0.3) is 0 Å². The number of methoxy groups -OCH3 is 1. The zero-order chi connectivity index (χ0) is 16.5. The number of rotatable bonds is 3. The second kappa shape index (κ2) is 6.30. The summed E-state index contributed by atoms with van der Waals surface area (Å²) in [6, 6.07) is 14.7. The fourth-order valence-corrected chi connectivity index (χ4v) is 3.59. The molecule has 2 heterocycles. The Bertz CT molecular complexity index is 883. The Hall–Kier alpha value is -2.30. The fraction of sp³-hybridized carbons (Fsp3) is 0.300. The van der Waals surface area contributed by atoms with E-state index in [0.29, 0.717) is 0 Å². The van der Waals surface area contributed by atoms with E-state index in [1.54, 1.807) is 7.11 Å². The largest absolute Gasteiger partial charge is 0.497 e. The first kappa shape index (κ1) is 15.2. The number of nitrogens with zero attached hydrogens (tertiary/aromatic N) is 1. The minimum atomic E-state index is 0.000746. The molecule has 0 amide bonds. The number of hydrogen-bond acceptors (Lipinski definition) is 3. The van der Waals surface area contributed by atoms with Crippen LogP contribution in [0.4, 0.5) is 0 Å². The zero-order valence-electron chi connectivity index (χ0n) is 13.9. The predicted molar refractivity (Wildman–Crippen MR) is 96.4 cm³/mol. The molecule has 24 heavy (non-hydrogen) atoms. The lowest BCUT2D eigenvalue weighted by Crippen LogP contribution is -2.17. The average Bonchev–Trinajstić information content (AvgIpc) is 2.81. The van der Waals surface area contributed by atoms with Crippen molar-refractivity contribution in [3.05, 3.63) is 53.7 Å². The summed E-state index contributed by atoms with van der Waals surface area (Å²) in [5.41, 5.74) is 5.74. The Morgan fingerprint density at radius 3 is 2.88 bits per heavy atom. The van der Waals surface area contributed by atoms with E-state index in [0.717, 1.165) is 48.5 Å². The summed E-state index contributed by atoms with van der Waals surface area (Å²) < 4.78 is 7.69. The van der Waals surface area contributed by atoms with Crippen LogP contribution in [0.1, 0.15) is 11.3 Å². The van der Waals surface area contributed by atoms with Gasteiger partial charge in [0.2, 0.25) is 0 Å². The molecule has 4 nitrogen and oxygen atoms in total. The quantitative estimate of drug-likeness (QED) is 0.779. The van der Waals surface area contributed by atoms with E-state index in [1.165, 1.54) is 16.6 Å². The van der Waals surface area contributed by atoms with Crippen LogP contribution in [-0.4, -0.2) is 29.9 Å². The van der Waals surface area contributed by atoms with Gasteiger partial charge in [0.05, 0.1) is 13.7 Å². The van der Waals surface area contributed by atoms with E-state index in [4.69, 9.17) is 4.74 Å². The summed E-state index contributed by atoms with van der Waals surface area (Å²) in [4.78, 5) is 0. The number of aliphatic hydroxyl groups is 1. The molecular weight excluding hydrogens is 300 g/mol. The van der Waals surface area contributed by atoms with Crippen molar-refractivity contribution in [2.45, 2.75) is 19.6 Å². The maximum atomic E-state index is 9.73. The second-order valence-corrected chi connectivity index (χ2v) is 6.24. The molecule has 0 saturated heterocycles. The van der Waals surface area contributed by atoms with Crippen LogP contribution in [-0.2, 0) is 19.6 Å². The summed E-state index contributed by atoms with van der Waals surface area (Å²) in [6.07, 6.45) is 1.06. The van der Waals surface area contributed by atoms with Crippen LogP contribution in [0.25, 0.3) is 22.0 Å². The van der Waals surface area contributed by atoms with Crippen LogP contribution in [0, 0.1) is 0 Å². The molecular formula is C20H22N2O2. The number of ether oxygens (including phenoxy) is 1. The molecule has 2 N–H and O–H groups in total. The third kappa shape index (κ3) is 2.58. The van der Waals surface area contributed by atoms with E-state index >= 15 is 0 Å². The monoisotopic (exact) mass is 322 g/mol. The van der Waals surface area contributed by atoms with Crippen molar-refractivity contribution < 1.29 is 9.84 Å². The van der Waals surface area contributed by atoms with Crippen LogP contribution in [0.5, 0.6) is 5.75 Å². The maximum Gasteiger partial charge on any atom is 0.119 e. The van der Waals surface area contributed by atoms with Gasteiger partial charge >= 0.3 is 0 Å². The molecule has 4 heteroatoms. The molecule has 0 saturated carbocycles. The van der Waals surface area contributed by atoms with Crippen LogP contribution in [0.2, 0.25) is 0 Å². The first-order valence-electron chi connectivity index (χ1n) is 8.41. The minimum Gasteiger partial charge on any atom is -0.497 e. The summed E-state index contributed by atoms with van der Waals surface area (Å²) in [5, 5.41) is 14.5. The molecule has 0 radical (unpaired) electrons. The molecule has 124 valence electrons. The van der Waals surface area contributed by atoms with Crippen molar-refractivity contribution in [2.24, 2.45) is 0 Å². The molecule has 1 aliphatic rings. The van der Waals surface area contributed by atoms with E-state index < -0.39 is 0 Å². The number of aromatic nitrogens is 1. The smallest absolute Gasteiger partial charge is 0.119 e. The molecule has 4 rings (SSSR count). The maximum absolute atomic E-state index is 9.73. The molecule has 1 aromatic heterocycles. The van der Waals surface area contributed by atoms with E-state index in [2.05, 4.69) is 34.1 Å². The molecule has 2 aromatic carbocycles. The van der Waals surface area contributed by atoms with Gasteiger partial charge in [-0.1, -0.05) is 18.2 Å². The third-order valence-electron chi connectivity index (χ3n) is 4.85. The molecule has 0 atom stereocenters. The molecule has 0 aliphatic carbocycles. The van der Waals surface area contributed by atoms with Gasteiger partial charge < -0.3 is 19.7 Å². The van der Waals surface area contributed by atoms with Gasteiger partial charge in [-0.3, -0.25) is 0 Å². The highest BCUT2D eigenvalue weighted by Gasteiger charge is 2.13. The standard InChI is InChI=1S/C20H22N2O2/c1-24-18-4-5-19(16(11-18)13-23)14-2-3-15-10-17-6-7-21-8-9-22(17)20(15)12-14/h2-5,10-12,21,23H,6-9,13H2,1H3. The Morgan fingerprint density at radius 1 is 1.12 bits per heavy atom. The summed E-state index contributed by atoms with van der Waals surface area (Å²) >= 11 is 0. The molecule has 0 fully saturated rings. The second-order valence-electron chi connectivity index (χ2n) is 6.24. The van der Waals surface area contributed by atoms with Gasteiger partial charge in [0, 0.05) is 37.3 Å². The molecule has 0 unspecified atom stereocenters. The number of hydrogen-bond donors (Lipinski definition) is 2. The Balaban J connectivity index is 1.84. The van der Waals surface area contributed by atoms with Crippen molar-refractivity contribution in [2.75, 3.05) is 20.2 Å². The molecule has 3 aromatic rings. The third-order valence-corrected chi connectivity index (χ3v) is 4.85. The number of aliphatic hydroxyl groups excluding tert-OH is 1. The Morgan fingerprint density at radius 2 is 2.04 bits per heavy atom. The fourth-order valence-electron chi connectivity index (χ4n) is 3.59. The van der Waals surface area contributed by atoms with Crippen molar-refractivity contribution in [3.63, 3.8) is 0 Å². The SMILES string of the molecule is COc1ccc(-c2ccc3cc4n(c3c2)CCNCC4)c(CO)c1. The number of fused-ring (bicyclic) bond motifs is 3. The topological polar surface area (TPSA) is 46.4 Å². The predicted octanol–water partition coefficient (Wildman–Crippen LogP) is 2.95. The highest BCUT2D eigenvalue weighted by atomic mass is 16.5. The Labute approximate surface area is 141 Å². The lowest BCUT2D eigenvalue weighted by molar-refractivity contribution is 0.281. The first-order chi connectivity index (χ1) is 11.8. The zero-order valence-corrected chi connectivity index (χ0v) is 13.9. The molecule has 0 bridgehead atoms. The van der Waals surface area contributed by atoms with Gasteiger partial charge in [0.1, 0.15) is 5.75 Å². The van der Waals surface area contributed by atoms with Crippen molar-refractivity contribution in [3.8, 4) is 16.9 Å². The highest BCUT2D eigenvalue weighted by molar-refractivity contribution is 5.87. The van der Waals surface area contributed by atoms with E-state index in [-0.39, 0.29) is 6.61 Å². The summed E-state index contributed by atoms with van der Waals surface area (Å²) in [7, 11) is 1.64.